The molecule has 0 aliphatic carbocycles. The van der Waals surface area contributed by atoms with Crippen LogP contribution in [0.4, 0.5) is 0 Å². The van der Waals surface area contributed by atoms with Crippen LogP contribution in [0.2, 0.25) is 0 Å². The summed E-state index contributed by atoms with van der Waals surface area (Å²) in [4.78, 5) is 26.1. The van der Waals surface area contributed by atoms with Crippen molar-refractivity contribution in [2.45, 2.75) is 31.7 Å². The maximum Gasteiger partial charge on any atom is 0.307 e. The molecule has 1 aliphatic rings. The molecule has 0 radical (unpaired) electrons. The smallest absolute Gasteiger partial charge is 0.307 e. The number of benzene rings is 1. The SMILES string of the molecule is COC(=O)CC1CCCCN1C(=O)c1cc(Br)ccc1Br. The number of carbonyl (C=O) groups excluding carboxylic acids is 2. The topological polar surface area (TPSA) is 46.6 Å². The highest BCUT2D eigenvalue weighted by Gasteiger charge is 2.30. The summed E-state index contributed by atoms with van der Waals surface area (Å²) in [7, 11) is 1.38. The molecule has 6 heteroatoms. The van der Waals surface area contributed by atoms with Gasteiger partial charge in [-0.05, 0) is 53.4 Å². The minimum atomic E-state index is -0.270. The summed E-state index contributed by atoms with van der Waals surface area (Å²) in [5, 5.41) is 0. The van der Waals surface area contributed by atoms with E-state index < -0.39 is 0 Å². The number of halogens is 2. The first-order chi connectivity index (χ1) is 10.0. The molecule has 1 aromatic carbocycles. The lowest BCUT2D eigenvalue weighted by molar-refractivity contribution is -0.142. The number of likely N-dealkylation sites (tertiary alicyclic amines) is 1. The van der Waals surface area contributed by atoms with Gasteiger partial charge in [0, 0.05) is 21.5 Å². The van der Waals surface area contributed by atoms with E-state index in [4.69, 9.17) is 4.74 Å². The molecule has 0 saturated carbocycles. The van der Waals surface area contributed by atoms with Gasteiger partial charge < -0.3 is 9.64 Å². The normalized spacial score (nSPS) is 18.4. The number of amides is 1. The fraction of sp³-hybridized carbons (Fsp3) is 0.467. The van der Waals surface area contributed by atoms with Crippen LogP contribution in [0.25, 0.3) is 0 Å². The molecule has 1 fully saturated rings. The minimum Gasteiger partial charge on any atom is -0.469 e. The molecule has 1 aliphatic heterocycles. The summed E-state index contributed by atoms with van der Waals surface area (Å²) < 4.78 is 6.36. The number of methoxy groups -OCH3 is 1. The molecule has 114 valence electrons. The quantitative estimate of drug-likeness (QED) is 0.702. The van der Waals surface area contributed by atoms with Crippen molar-refractivity contribution in [1.29, 1.82) is 0 Å². The van der Waals surface area contributed by atoms with Gasteiger partial charge >= 0.3 is 5.97 Å². The van der Waals surface area contributed by atoms with Crippen molar-refractivity contribution >= 4 is 43.7 Å². The molecule has 1 aromatic rings. The first-order valence-corrected chi connectivity index (χ1v) is 8.44. The Kier molecular flexibility index (Phi) is 5.81. The van der Waals surface area contributed by atoms with Crippen molar-refractivity contribution in [3.63, 3.8) is 0 Å². The average Bonchev–Trinajstić information content (AvgIpc) is 2.49. The maximum absolute atomic E-state index is 12.8. The van der Waals surface area contributed by atoms with Gasteiger partial charge in [-0.2, -0.15) is 0 Å². The van der Waals surface area contributed by atoms with Crippen LogP contribution in [0.1, 0.15) is 36.0 Å². The second-order valence-corrected chi connectivity index (χ2v) is 6.82. The Hall–Kier alpha value is -0.880. The first-order valence-electron chi connectivity index (χ1n) is 6.85. The summed E-state index contributed by atoms with van der Waals surface area (Å²) in [6, 6.07) is 5.44. The second-order valence-electron chi connectivity index (χ2n) is 5.05. The van der Waals surface area contributed by atoms with E-state index in [0.717, 1.165) is 28.2 Å². The van der Waals surface area contributed by atoms with Gasteiger partial charge in [0.1, 0.15) is 0 Å². The Balaban J connectivity index is 2.22. The van der Waals surface area contributed by atoms with E-state index in [0.29, 0.717) is 12.1 Å². The van der Waals surface area contributed by atoms with Gasteiger partial charge in [0.05, 0.1) is 19.1 Å². The Morgan fingerprint density at radius 1 is 1.33 bits per heavy atom. The molecular formula is C15H17Br2NO3. The number of rotatable bonds is 3. The van der Waals surface area contributed by atoms with E-state index >= 15 is 0 Å². The molecule has 1 atom stereocenters. The summed E-state index contributed by atoms with van der Waals surface area (Å²) in [6.45, 7) is 0.680. The molecular weight excluding hydrogens is 402 g/mol. The van der Waals surface area contributed by atoms with Crippen molar-refractivity contribution in [2.24, 2.45) is 0 Å². The van der Waals surface area contributed by atoms with Crippen molar-refractivity contribution < 1.29 is 14.3 Å². The zero-order valence-electron chi connectivity index (χ0n) is 11.8. The van der Waals surface area contributed by atoms with E-state index in [1.54, 1.807) is 11.0 Å². The van der Waals surface area contributed by atoms with Crippen LogP contribution in [-0.2, 0) is 9.53 Å². The zero-order valence-corrected chi connectivity index (χ0v) is 14.9. The molecule has 21 heavy (non-hydrogen) atoms. The summed E-state index contributed by atoms with van der Waals surface area (Å²) in [5.41, 5.74) is 0.612. The van der Waals surface area contributed by atoms with Crippen molar-refractivity contribution in [1.82, 2.24) is 4.90 Å². The number of piperidine rings is 1. The molecule has 1 heterocycles. The van der Waals surface area contributed by atoms with E-state index in [1.165, 1.54) is 7.11 Å². The molecule has 1 saturated heterocycles. The average molecular weight is 419 g/mol. The molecule has 2 rings (SSSR count). The lowest BCUT2D eigenvalue weighted by atomic mass is 9.98. The number of carbonyl (C=O) groups is 2. The molecule has 4 nitrogen and oxygen atoms in total. The first kappa shape index (κ1) is 16.5. The Morgan fingerprint density at radius 2 is 2.10 bits per heavy atom. The lowest BCUT2D eigenvalue weighted by Crippen LogP contribution is -2.45. The van der Waals surface area contributed by atoms with Crippen LogP contribution in [0.15, 0.2) is 27.1 Å². The molecule has 1 amide bonds. The predicted molar refractivity (Wildman–Crippen MR) is 87.2 cm³/mol. The summed E-state index contributed by atoms with van der Waals surface area (Å²) >= 11 is 6.81. The Bertz CT molecular complexity index is 548. The summed E-state index contributed by atoms with van der Waals surface area (Å²) in [6.07, 6.45) is 3.10. The third kappa shape index (κ3) is 4.07. The van der Waals surface area contributed by atoms with Gasteiger partial charge in [-0.25, -0.2) is 0 Å². The molecule has 0 spiro atoms. The van der Waals surface area contributed by atoms with Crippen molar-refractivity contribution in [3.05, 3.63) is 32.7 Å². The number of hydrogen-bond acceptors (Lipinski definition) is 3. The number of hydrogen-bond donors (Lipinski definition) is 0. The van der Waals surface area contributed by atoms with Crippen molar-refractivity contribution in [3.8, 4) is 0 Å². The van der Waals surface area contributed by atoms with Crippen LogP contribution in [0, 0.1) is 0 Å². The molecule has 0 bridgehead atoms. The largest absolute Gasteiger partial charge is 0.469 e. The van der Waals surface area contributed by atoms with Gasteiger partial charge in [0.15, 0.2) is 0 Å². The fourth-order valence-corrected chi connectivity index (χ4v) is 3.35. The molecule has 0 N–H and O–H groups in total. The van der Waals surface area contributed by atoms with Crippen LogP contribution < -0.4 is 0 Å². The van der Waals surface area contributed by atoms with Crippen LogP contribution >= 0.6 is 31.9 Å². The number of nitrogens with zero attached hydrogens (tertiary/aromatic N) is 1. The highest BCUT2D eigenvalue weighted by atomic mass is 79.9. The van der Waals surface area contributed by atoms with Gasteiger partial charge in [-0.15, -0.1) is 0 Å². The Labute approximate surface area is 141 Å². The highest BCUT2D eigenvalue weighted by molar-refractivity contribution is 9.11. The van der Waals surface area contributed by atoms with Gasteiger partial charge in [0.2, 0.25) is 0 Å². The van der Waals surface area contributed by atoms with E-state index in [2.05, 4.69) is 31.9 Å². The van der Waals surface area contributed by atoms with E-state index in [1.807, 2.05) is 12.1 Å². The van der Waals surface area contributed by atoms with Crippen LogP contribution in [-0.4, -0.2) is 36.5 Å². The molecule has 0 aromatic heterocycles. The van der Waals surface area contributed by atoms with Crippen LogP contribution in [0.5, 0.6) is 0 Å². The third-order valence-electron chi connectivity index (χ3n) is 3.68. The fourth-order valence-electron chi connectivity index (χ4n) is 2.57. The van der Waals surface area contributed by atoms with Gasteiger partial charge in [-0.3, -0.25) is 9.59 Å². The number of ether oxygens (including phenoxy) is 1. The van der Waals surface area contributed by atoms with Crippen LogP contribution in [0.3, 0.4) is 0 Å². The Morgan fingerprint density at radius 3 is 2.81 bits per heavy atom. The highest BCUT2D eigenvalue weighted by Crippen LogP contribution is 2.27. The molecule has 1 unspecified atom stereocenters. The van der Waals surface area contributed by atoms with Gasteiger partial charge in [-0.1, -0.05) is 15.9 Å². The predicted octanol–water partition coefficient (Wildman–Crippen LogP) is 3.77. The van der Waals surface area contributed by atoms with E-state index in [9.17, 15) is 9.59 Å². The minimum absolute atomic E-state index is 0.0446. The van der Waals surface area contributed by atoms with Gasteiger partial charge in [0.25, 0.3) is 5.91 Å². The third-order valence-corrected chi connectivity index (χ3v) is 4.86. The maximum atomic E-state index is 12.8. The summed E-state index contributed by atoms with van der Waals surface area (Å²) in [5.74, 6) is -0.315. The lowest BCUT2D eigenvalue weighted by Gasteiger charge is -2.35. The van der Waals surface area contributed by atoms with E-state index in [-0.39, 0.29) is 24.3 Å². The monoisotopic (exact) mass is 417 g/mol. The number of esters is 1. The van der Waals surface area contributed by atoms with Crippen molar-refractivity contribution in [2.75, 3.05) is 13.7 Å². The second kappa shape index (κ2) is 7.40. The zero-order chi connectivity index (χ0) is 15.4. The standard InChI is InChI=1S/C15H17Br2NO3/c1-21-14(19)9-11-4-2-3-7-18(11)15(20)12-8-10(16)5-6-13(12)17/h5-6,8,11H,2-4,7,9H2,1H3.